The summed E-state index contributed by atoms with van der Waals surface area (Å²) in [5.41, 5.74) is 2.69. The minimum absolute atomic E-state index is 0.0218. The maximum atomic E-state index is 12.4. The van der Waals surface area contributed by atoms with E-state index in [9.17, 15) is 9.90 Å². The molecule has 0 amide bonds. The van der Waals surface area contributed by atoms with Crippen molar-refractivity contribution in [3.63, 3.8) is 0 Å². The number of Topliss-reactive ketones (excluding diaryl/α,β-unsaturated/α-hetero) is 1. The molecule has 0 fully saturated rings. The molecule has 3 heterocycles. The smallest absolute Gasteiger partial charge is 0.187 e. The van der Waals surface area contributed by atoms with Gasteiger partial charge in [0.2, 0.25) is 0 Å². The van der Waals surface area contributed by atoms with E-state index in [0.717, 1.165) is 12.1 Å². The number of aromatic nitrogens is 2. The van der Waals surface area contributed by atoms with Crippen LogP contribution in [0.15, 0.2) is 73.2 Å². The Hall–Kier alpha value is -2.72. The van der Waals surface area contributed by atoms with Gasteiger partial charge >= 0.3 is 0 Å². The lowest BCUT2D eigenvalue weighted by Gasteiger charge is -2.16. The second kappa shape index (κ2) is 6.06. The number of hydrogen-bond donors (Lipinski definition) is 1. The monoisotopic (exact) mass is 319 g/mol. The van der Waals surface area contributed by atoms with Crippen LogP contribution in [0.3, 0.4) is 0 Å². The largest absolute Gasteiger partial charge is 0.388 e. The summed E-state index contributed by atoms with van der Waals surface area (Å²) in [7, 11) is 0. The Morgan fingerprint density at radius 3 is 2.54 bits per heavy atom. The van der Waals surface area contributed by atoms with E-state index in [4.69, 9.17) is 0 Å². The number of aliphatic hydroxyl groups is 1. The molecule has 2 aromatic heterocycles. The first-order chi connectivity index (χ1) is 11.7. The zero-order valence-electron chi connectivity index (χ0n) is 13.2. The van der Waals surface area contributed by atoms with Crippen LogP contribution in [0, 0.1) is 5.92 Å². The molecule has 1 N–H and O–H groups in total. The Balaban J connectivity index is 1.49. The molecular weight excluding hydrogens is 300 g/mol. The number of ketones is 1. The number of nitrogens with zero attached hydrogens (tertiary/aromatic N) is 2. The number of pyridine rings is 1. The van der Waals surface area contributed by atoms with Crippen molar-refractivity contribution in [1.29, 1.82) is 0 Å². The van der Waals surface area contributed by atoms with Crippen molar-refractivity contribution in [1.82, 2.24) is 4.57 Å². The average Bonchev–Trinajstić information content (AvgIpc) is 3.19. The summed E-state index contributed by atoms with van der Waals surface area (Å²) < 4.78 is 3.97. The Morgan fingerprint density at radius 1 is 1.08 bits per heavy atom. The topological polar surface area (TPSA) is 46.1 Å². The molecule has 120 valence electrons. The third-order valence-corrected chi connectivity index (χ3v) is 4.66. The first-order valence-electron chi connectivity index (χ1n) is 8.13. The van der Waals surface area contributed by atoms with Crippen molar-refractivity contribution >= 4 is 5.78 Å². The van der Waals surface area contributed by atoms with Gasteiger partial charge in [-0.3, -0.25) is 4.79 Å². The molecule has 4 nitrogen and oxygen atoms in total. The fourth-order valence-corrected chi connectivity index (χ4v) is 3.32. The summed E-state index contributed by atoms with van der Waals surface area (Å²) in [5.74, 6) is -0.375. The number of rotatable bonds is 4. The van der Waals surface area contributed by atoms with E-state index >= 15 is 0 Å². The highest BCUT2D eigenvalue weighted by Crippen LogP contribution is 2.31. The maximum absolute atomic E-state index is 12.4. The predicted octanol–water partition coefficient (Wildman–Crippen LogP) is 2.37. The maximum Gasteiger partial charge on any atom is 0.187 e. The van der Waals surface area contributed by atoms with Crippen molar-refractivity contribution in [2.45, 2.75) is 19.2 Å². The highest BCUT2D eigenvalue weighted by atomic mass is 16.3. The van der Waals surface area contributed by atoms with Crippen LogP contribution in [0.1, 0.15) is 27.7 Å². The fourth-order valence-electron chi connectivity index (χ4n) is 3.32. The summed E-state index contributed by atoms with van der Waals surface area (Å²) in [5, 5.41) is 10.6. The van der Waals surface area contributed by atoms with Crippen LogP contribution < -0.4 is 4.57 Å². The van der Waals surface area contributed by atoms with E-state index in [1.807, 2.05) is 65.6 Å². The first kappa shape index (κ1) is 14.8. The molecule has 0 unspecified atom stereocenters. The Kier molecular flexibility index (Phi) is 3.75. The van der Waals surface area contributed by atoms with Gasteiger partial charge in [-0.25, -0.2) is 4.57 Å². The summed E-state index contributed by atoms with van der Waals surface area (Å²) in [6.07, 6.45) is 5.01. The van der Waals surface area contributed by atoms with E-state index in [1.165, 1.54) is 5.56 Å². The van der Waals surface area contributed by atoms with Crippen molar-refractivity contribution in [3.05, 3.63) is 90.0 Å². The van der Waals surface area contributed by atoms with Gasteiger partial charge in [0, 0.05) is 30.4 Å². The molecule has 1 aliphatic heterocycles. The fraction of sp³-hybridized carbons (Fsp3) is 0.200. The first-order valence-corrected chi connectivity index (χ1v) is 8.13. The highest BCUT2D eigenvalue weighted by molar-refractivity contribution is 5.98. The molecule has 1 aromatic carbocycles. The summed E-state index contributed by atoms with van der Waals surface area (Å²) in [6.45, 7) is 1.33. The molecular formula is C20H19N2O2+. The molecule has 3 aromatic rings. The molecule has 4 rings (SSSR count). The van der Waals surface area contributed by atoms with Gasteiger partial charge in [0.25, 0.3) is 0 Å². The van der Waals surface area contributed by atoms with Gasteiger partial charge in [-0.2, -0.15) is 0 Å². The summed E-state index contributed by atoms with van der Waals surface area (Å²) in [6, 6.07) is 17.7. The molecule has 1 aliphatic rings. The number of carbonyl (C=O) groups is 1. The van der Waals surface area contributed by atoms with Crippen LogP contribution in [0.2, 0.25) is 0 Å². The predicted molar refractivity (Wildman–Crippen MR) is 89.4 cm³/mol. The SMILES string of the molecule is O=C1c2cccn2C[C@H]1[C@H](O)c1cc[n+](Cc2ccccc2)cc1. The standard InChI is InChI=1S/C20H19N2O2/c23-19(17-14-22-10-4-7-18(22)20(17)24)16-8-11-21(12-9-16)13-15-5-2-1-3-6-15/h1-12,17,19,23H,13-14H2/q+1/t17-,19+/m0/s1. The number of hydrogen-bond acceptors (Lipinski definition) is 2. The van der Waals surface area contributed by atoms with Crippen molar-refractivity contribution in [3.8, 4) is 0 Å². The second-order valence-corrected chi connectivity index (χ2v) is 6.25. The van der Waals surface area contributed by atoms with E-state index in [0.29, 0.717) is 12.2 Å². The van der Waals surface area contributed by atoms with Crippen LogP contribution >= 0.6 is 0 Å². The molecule has 0 saturated heterocycles. The molecule has 0 spiro atoms. The van der Waals surface area contributed by atoms with Gasteiger partial charge in [0.15, 0.2) is 24.7 Å². The zero-order valence-corrected chi connectivity index (χ0v) is 13.2. The Morgan fingerprint density at radius 2 is 1.83 bits per heavy atom. The Labute approximate surface area is 140 Å². The molecule has 0 bridgehead atoms. The minimum atomic E-state index is -0.774. The lowest BCUT2D eigenvalue weighted by atomic mass is 9.93. The van der Waals surface area contributed by atoms with Gasteiger partial charge < -0.3 is 9.67 Å². The van der Waals surface area contributed by atoms with E-state index in [1.54, 1.807) is 0 Å². The van der Waals surface area contributed by atoms with Crippen molar-refractivity contribution < 1.29 is 14.5 Å². The lowest BCUT2D eigenvalue weighted by Crippen LogP contribution is -2.33. The van der Waals surface area contributed by atoms with Crippen LogP contribution in [0.25, 0.3) is 0 Å². The third-order valence-electron chi connectivity index (χ3n) is 4.66. The lowest BCUT2D eigenvalue weighted by molar-refractivity contribution is -0.688. The molecule has 0 radical (unpaired) electrons. The van der Waals surface area contributed by atoms with Crippen molar-refractivity contribution in [2.75, 3.05) is 0 Å². The van der Waals surface area contributed by atoms with Gasteiger partial charge in [-0.15, -0.1) is 0 Å². The molecule has 24 heavy (non-hydrogen) atoms. The average molecular weight is 319 g/mol. The number of aliphatic hydroxyl groups excluding tert-OH is 1. The number of benzene rings is 1. The molecule has 2 atom stereocenters. The third kappa shape index (κ3) is 2.65. The molecule has 0 saturated carbocycles. The zero-order chi connectivity index (χ0) is 16.5. The van der Waals surface area contributed by atoms with Gasteiger partial charge in [0.05, 0.1) is 17.7 Å². The Bertz CT molecular complexity index is 853. The van der Waals surface area contributed by atoms with Gasteiger partial charge in [0.1, 0.15) is 0 Å². The van der Waals surface area contributed by atoms with Crippen LogP contribution in [0.5, 0.6) is 0 Å². The van der Waals surface area contributed by atoms with Crippen LogP contribution in [-0.2, 0) is 13.1 Å². The van der Waals surface area contributed by atoms with Crippen molar-refractivity contribution in [2.24, 2.45) is 5.92 Å². The molecule has 4 heteroatoms. The summed E-state index contributed by atoms with van der Waals surface area (Å²) >= 11 is 0. The highest BCUT2D eigenvalue weighted by Gasteiger charge is 2.36. The van der Waals surface area contributed by atoms with E-state index < -0.39 is 12.0 Å². The van der Waals surface area contributed by atoms with E-state index in [2.05, 4.69) is 16.7 Å². The number of carbonyl (C=O) groups excluding carboxylic acids is 1. The van der Waals surface area contributed by atoms with Crippen LogP contribution in [0.4, 0.5) is 0 Å². The minimum Gasteiger partial charge on any atom is -0.388 e. The van der Waals surface area contributed by atoms with E-state index in [-0.39, 0.29) is 5.78 Å². The van der Waals surface area contributed by atoms with Gasteiger partial charge in [-0.05, 0) is 17.7 Å². The second-order valence-electron chi connectivity index (χ2n) is 6.25. The summed E-state index contributed by atoms with van der Waals surface area (Å²) in [4.78, 5) is 12.4. The molecule has 0 aliphatic carbocycles. The number of fused-ring (bicyclic) bond motifs is 1. The van der Waals surface area contributed by atoms with Crippen LogP contribution in [-0.4, -0.2) is 15.5 Å². The normalized spacial score (nSPS) is 17.7. The quantitative estimate of drug-likeness (QED) is 0.751. The van der Waals surface area contributed by atoms with Gasteiger partial charge in [-0.1, -0.05) is 30.3 Å².